The number of carbonyl (C=O) groups is 1. The van der Waals surface area contributed by atoms with Crippen LogP contribution in [0.3, 0.4) is 0 Å². The molecule has 1 amide bonds. The normalized spacial score (nSPS) is 14.9. The Morgan fingerprint density at radius 3 is 2.59 bits per heavy atom. The van der Waals surface area contributed by atoms with E-state index in [0.29, 0.717) is 11.4 Å². The number of amides is 1. The Hall–Kier alpha value is -2.67. The molecule has 0 N–H and O–H groups in total. The Morgan fingerprint density at radius 2 is 1.90 bits per heavy atom. The minimum atomic E-state index is -0.145. The van der Waals surface area contributed by atoms with Crippen molar-refractivity contribution in [1.82, 2.24) is 24.7 Å². The Kier molecular flexibility index (Phi) is 4.94. The van der Waals surface area contributed by atoms with Crippen LogP contribution in [-0.2, 0) is 16.6 Å². The second kappa shape index (κ2) is 7.30. The number of hydrogen-bond acceptors (Lipinski definition) is 5. The zero-order valence-electron chi connectivity index (χ0n) is 17.1. The van der Waals surface area contributed by atoms with Gasteiger partial charge in [0.05, 0.1) is 12.5 Å². The van der Waals surface area contributed by atoms with Gasteiger partial charge in [-0.15, -0.1) is 15.3 Å². The van der Waals surface area contributed by atoms with E-state index in [-0.39, 0.29) is 17.4 Å². The second-order valence-corrected chi connectivity index (χ2v) is 8.97. The van der Waals surface area contributed by atoms with Crippen LogP contribution in [0.1, 0.15) is 32.2 Å². The summed E-state index contributed by atoms with van der Waals surface area (Å²) in [5.74, 6) is 1.77. The highest BCUT2D eigenvalue weighted by atomic mass is 35.5. The molecule has 0 radical (unpaired) electrons. The molecule has 2 aromatic heterocycles. The van der Waals surface area contributed by atoms with E-state index in [1.54, 1.807) is 0 Å². The van der Waals surface area contributed by atoms with Gasteiger partial charge in [0.1, 0.15) is 5.82 Å². The van der Waals surface area contributed by atoms with Crippen molar-refractivity contribution in [2.75, 3.05) is 25.0 Å². The van der Waals surface area contributed by atoms with Gasteiger partial charge in [-0.25, -0.2) is 0 Å². The summed E-state index contributed by atoms with van der Waals surface area (Å²) in [5, 5.41) is 13.9. The molecule has 4 rings (SSSR count). The minimum Gasteiger partial charge on any atom is -0.351 e. The van der Waals surface area contributed by atoms with Crippen LogP contribution in [-0.4, -0.2) is 56.8 Å². The van der Waals surface area contributed by atoms with Crippen molar-refractivity contribution in [2.24, 2.45) is 0 Å². The highest BCUT2D eigenvalue weighted by Crippen LogP contribution is 2.25. The van der Waals surface area contributed by atoms with E-state index in [0.717, 1.165) is 35.9 Å². The molecule has 3 aromatic rings. The third-order valence-corrected chi connectivity index (χ3v) is 5.72. The fraction of sp³-hybridized carbons (Fsp3) is 0.429. The summed E-state index contributed by atoms with van der Waals surface area (Å²) in [7, 11) is 1.86. The minimum absolute atomic E-state index is 0.0694. The van der Waals surface area contributed by atoms with Crippen molar-refractivity contribution in [2.45, 2.75) is 38.6 Å². The molecule has 7 nitrogen and oxygen atoms in total. The predicted molar refractivity (Wildman–Crippen MR) is 113 cm³/mol. The monoisotopic (exact) mass is 412 g/mol. The number of benzene rings is 1. The van der Waals surface area contributed by atoms with Crippen LogP contribution < -0.4 is 4.90 Å². The zero-order valence-corrected chi connectivity index (χ0v) is 17.9. The molecule has 0 aliphatic carbocycles. The van der Waals surface area contributed by atoms with Crippen molar-refractivity contribution in [3.8, 4) is 0 Å². The molecule has 0 saturated carbocycles. The molecule has 3 heterocycles. The van der Waals surface area contributed by atoms with Crippen molar-refractivity contribution >= 4 is 29.0 Å². The SMILES string of the molecule is CN(C(=O)Cc1ccccc1Cl)C1CN(c2ccc3nnc(C(C)(C)C)n3n2)C1. The summed E-state index contributed by atoms with van der Waals surface area (Å²) in [6, 6.07) is 11.5. The highest BCUT2D eigenvalue weighted by Gasteiger charge is 2.34. The average Bonchev–Trinajstić information content (AvgIpc) is 3.06. The summed E-state index contributed by atoms with van der Waals surface area (Å²) in [6.07, 6.45) is 0.312. The topological polar surface area (TPSA) is 66.6 Å². The third-order valence-electron chi connectivity index (χ3n) is 5.35. The van der Waals surface area contributed by atoms with Crippen LogP contribution in [0.25, 0.3) is 5.65 Å². The lowest BCUT2D eigenvalue weighted by molar-refractivity contribution is -0.131. The van der Waals surface area contributed by atoms with Gasteiger partial charge in [0.2, 0.25) is 5.91 Å². The first kappa shape index (κ1) is 19.6. The molecule has 0 atom stereocenters. The molecular formula is C21H25ClN6O. The van der Waals surface area contributed by atoms with E-state index in [2.05, 4.69) is 35.9 Å². The van der Waals surface area contributed by atoms with Gasteiger partial charge in [0.15, 0.2) is 11.5 Å². The number of aromatic nitrogens is 4. The van der Waals surface area contributed by atoms with Gasteiger partial charge < -0.3 is 9.80 Å². The molecule has 0 bridgehead atoms. The van der Waals surface area contributed by atoms with Gasteiger partial charge >= 0.3 is 0 Å². The van der Waals surface area contributed by atoms with Crippen LogP contribution in [0.4, 0.5) is 5.82 Å². The lowest BCUT2D eigenvalue weighted by Gasteiger charge is -2.44. The Labute approximate surface area is 175 Å². The number of fused-ring (bicyclic) bond motifs is 1. The Morgan fingerprint density at radius 1 is 1.17 bits per heavy atom. The number of likely N-dealkylation sites (N-methyl/N-ethyl adjacent to an activating group) is 1. The van der Waals surface area contributed by atoms with Crippen LogP contribution in [0, 0.1) is 0 Å². The number of anilines is 1. The number of rotatable bonds is 4. The summed E-state index contributed by atoms with van der Waals surface area (Å²) in [6.45, 7) is 7.78. The van der Waals surface area contributed by atoms with Crippen LogP contribution in [0.5, 0.6) is 0 Å². The second-order valence-electron chi connectivity index (χ2n) is 8.57. The molecular weight excluding hydrogens is 388 g/mol. The first-order chi connectivity index (χ1) is 13.7. The van der Waals surface area contributed by atoms with E-state index in [9.17, 15) is 4.79 Å². The first-order valence-corrected chi connectivity index (χ1v) is 10.1. The van der Waals surface area contributed by atoms with Gasteiger partial charge in [0, 0.05) is 30.6 Å². The van der Waals surface area contributed by atoms with Crippen molar-refractivity contribution < 1.29 is 4.79 Å². The third kappa shape index (κ3) is 3.79. The van der Waals surface area contributed by atoms with E-state index in [1.807, 2.05) is 52.9 Å². The van der Waals surface area contributed by atoms with Crippen molar-refractivity contribution in [3.63, 3.8) is 0 Å². The maximum atomic E-state index is 12.6. The number of halogens is 1. The van der Waals surface area contributed by atoms with Gasteiger partial charge in [-0.1, -0.05) is 50.6 Å². The van der Waals surface area contributed by atoms with Crippen LogP contribution in [0.2, 0.25) is 5.02 Å². The van der Waals surface area contributed by atoms with Gasteiger partial charge in [-0.2, -0.15) is 4.52 Å². The summed E-state index contributed by atoms with van der Waals surface area (Å²) < 4.78 is 1.81. The van der Waals surface area contributed by atoms with Crippen LogP contribution >= 0.6 is 11.6 Å². The molecule has 1 fully saturated rings. The molecule has 0 unspecified atom stereocenters. The highest BCUT2D eigenvalue weighted by molar-refractivity contribution is 6.31. The lowest BCUT2D eigenvalue weighted by Crippen LogP contribution is -2.60. The molecule has 1 saturated heterocycles. The quantitative estimate of drug-likeness (QED) is 0.659. The van der Waals surface area contributed by atoms with Crippen molar-refractivity contribution in [3.05, 3.63) is 52.8 Å². The van der Waals surface area contributed by atoms with E-state index in [4.69, 9.17) is 16.7 Å². The standard InChI is InChI=1S/C21H25ClN6O/c1-21(2,3)20-24-23-17-9-10-18(25-28(17)20)27-12-15(13-27)26(4)19(29)11-14-7-5-6-8-16(14)22/h5-10,15H,11-13H2,1-4H3. The smallest absolute Gasteiger partial charge is 0.227 e. The molecule has 152 valence electrons. The van der Waals surface area contributed by atoms with Gasteiger partial charge in [0.25, 0.3) is 0 Å². The number of carbonyl (C=O) groups excluding carboxylic acids is 1. The fourth-order valence-electron chi connectivity index (χ4n) is 3.44. The summed E-state index contributed by atoms with van der Waals surface area (Å²) in [4.78, 5) is 16.6. The predicted octanol–water partition coefficient (Wildman–Crippen LogP) is 2.96. The maximum Gasteiger partial charge on any atom is 0.227 e. The Bertz CT molecular complexity index is 1050. The van der Waals surface area contributed by atoms with E-state index in [1.165, 1.54) is 0 Å². The molecule has 1 aliphatic rings. The molecule has 29 heavy (non-hydrogen) atoms. The van der Waals surface area contributed by atoms with Gasteiger partial charge in [-0.3, -0.25) is 4.79 Å². The largest absolute Gasteiger partial charge is 0.351 e. The zero-order chi connectivity index (χ0) is 20.8. The molecule has 1 aliphatic heterocycles. The van der Waals surface area contributed by atoms with E-state index >= 15 is 0 Å². The lowest BCUT2D eigenvalue weighted by atomic mass is 9.96. The average molecular weight is 413 g/mol. The molecule has 8 heteroatoms. The summed E-state index contributed by atoms with van der Waals surface area (Å²) in [5.41, 5.74) is 1.45. The summed E-state index contributed by atoms with van der Waals surface area (Å²) >= 11 is 6.19. The number of hydrogen-bond donors (Lipinski definition) is 0. The van der Waals surface area contributed by atoms with Crippen LogP contribution in [0.15, 0.2) is 36.4 Å². The molecule has 0 spiro atoms. The fourth-order valence-corrected chi connectivity index (χ4v) is 3.64. The Balaban J connectivity index is 1.43. The first-order valence-electron chi connectivity index (χ1n) is 9.71. The molecule has 1 aromatic carbocycles. The number of nitrogens with zero attached hydrogens (tertiary/aromatic N) is 6. The maximum absolute atomic E-state index is 12.6. The van der Waals surface area contributed by atoms with Gasteiger partial charge in [-0.05, 0) is 23.8 Å². The van der Waals surface area contributed by atoms with E-state index < -0.39 is 0 Å². The van der Waals surface area contributed by atoms with Crippen molar-refractivity contribution in [1.29, 1.82) is 0 Å².